The molecule has 0 radical (unpaired) electrons. The molecular weight excluding hydrogens is 260 g/mol. The van der Waals surface area contributed by atoms with Gasteiger partial charge in [-0.25, -0.2) is 9.97 Å². The van der Waals surface area contributed by atoms with E-state index in [2.05, 4.69) is 43.5 Å². The fraction of sp³-hybridized carbons (Fsp3) is 0.556. The quantitative estimate of drug-likeness (QED) is 0.733. The summed E-state index contributed by atoms with van der Waals surface area (Å²) in [5.74, 6) is 1.46. The molecular formula is C9H15BrN4O. The Labute approximate surface area is 97.5 Å². The van der Waals surface area contributed by atoms with Crippen molar-refractivity contribution in [3.63, 3.8) is 0 Å². The topological polar surface area (TPSA) is 70.1 Å². The molecule has 0 aromatic carbocycles. The average molecular weight is 275 g/mol. The maximum absolute atomic E-state index is 8.69. The van der Waals surface area contributed by atoms with Crippen molar-refractivity contribution in [2.75, 3.05) is 30.3 Å². The Morgan fingerprint density at radius 1 is 1.27 bits per heavy atom. The zero-order valence-electron chi connectivity index (χ0n) is 8.63. The number of nitrogens with one attached hydrogen (secondary N) is 2. The van der Waals surface area contributed by atoms with Crippen LogP contribution in [-0.4, -0.2) is 34.8 Å². The molecule has 84 valence electrons. The van der Waals surface area contributed by atoms with Gasteiger partial charge in [-0.05, 0) is 22.4 Å². The molecule has 0 amide bonds. The van der Waals surface area contributed by atoms with E-state index in [1.165, 1.54) is 6.33 Å². The second-order valence-electron chi connectivity index (χ2n) is 2.96. The van der Waals surface area contributed by atoms with Gasteiger partial charge in [0, 0.05) is 13.1 Å². The van der Waals surface area contributed by atoms with Crippen LogP contribution in [0.1, 0.15) is 13.3 Å². The van der Waals surface area contributed by atoms with Crippen LogP contribution < -0.4 is 10.6 Å². The number of nitrogens with zero attached hydrogens (tertiary/aromatic N) is 2. The highest BCUT2D eigenvalue weighted by molar-refractivity contribution is 9.10. The van der Waals surface area contributed by atoms with Gasteiger partial charge in [0.25, 0.3) is 0 Å². The Morgan fingerprint density at radius 2 is 1.87 bits per heavy atom. The van der Waals surface area contributed by atoms with Crippen LogP contribution in [0.3, 0.4) is 0 Å². The maximum atomic E-state index is 8.69. The van der Waals surface area contributed by atoms with Gasteiger partial charge in [0.2, 0.25) is 0 Å². The van der Waals surface area contributed by atoms with Gasteiger partial charge in [-0.3, -0.25) is 0 Å². The molecule has 1 aromatic rings. The lowest BCUT2D eigenvalue weighted by Gasteiger charge is -2.10. The average Bonchev–Trinajstić information content (AvgIpc) is 2.26. The first-order valence-corrected chi connectivity index (χ1v) is 5.68. The zero-order valence-corrected chi connectivity index (χ0v) is 10.2. The smallest absolute Gasteiger partial charge is 0.146 e. The van der Waals surface area contributed by atoms with Crippen LogP contribution in [-0.2, 0) is 0 Å². The fourth-order valence-corrected chi connectivity index (χ4v) is 1.52. The highest BCUT2D eigenvalue weighted by Crippen LogP contribution is 2.26. The predicted molar refractivity (Wildman–Crippen MR) is 64.1 cm³/mol. The summed E-state index contributed by atoms with van der Waals surface area (Å²) in [4.78, 5) is 8.18. The Morgan fingerprint density at radius 3 is 2.40 bits per heavy atom. The Balaban J connectivity index is 2.71. The van der Waals surface area contributed by atoms with E-state index in [9.17, 15) is 0 Å². The van der Waals surface area contributed by atoms with E-state index < -0.39 is 0 Å². The third-order valence-corrected chi connectivity index (χ3v) is 2.49. The van der Waals surface area contributed by atoms with Crippen LogP contribution in [0.15, 0.2) is 10.8 Å². The molecule has 0 saturated carbocycles. The molecule has 0 aliphatic rings. The first kappa shape index (κ1) is 12.2. The number of hydrogen-bond acceptors (Lipinski definition) is 5. The molecule has 6 heteroatoms. The minimum atomic E-state index is 0.0775. The van der Waals surface area contributed by atoms with Crippen molar-refractivity contribution in [2.45, 2.75) is 13.3 Å². The molecule has 15 heavy (non-hydrogen) atoms. The van der Waals surface area contributed by atoms with E-state index in [0.29, 0.717) is 12.4 Å². The predicted octanol–water partition coefficient (Wildman–Crippen LogP) is 1.47. The van der Waals surface area contributed by atoms with Gasteiger partial charge >= 0.3 is 0 Å². The van der Waals surface area contributed by atoms with Crippen LogP contribution in [0.2, 0.25) is 0 Å². The van der Waals surface area contributed by atoms with Crippen molar-refractivity contribution in [1.29, 1.82) is 0 Å². The number of hydrogen-bond donors (Lipinski definition) is 3. The molecule has 1 heterocycles. The second-order valence-corrected chi connectivity index (χ2v) is 3.76. The first-order valence-electron chi connectivity index (χ1n) is 4.88. The number of aromatic nitrogens is 2. The second kappa shape index (κ2) is 6.58. The van der Waals surface area contributed by atoms with E-state index in [1.54, 1.807) is 0 Å². The van der Waals surface area contributed by atoms with Gasteiger partial charge in [-0.15, -0.1) is 0 Å². The lowest BCUT2D eigenvalue weighted by molar-refractivity contribution is 0.311. The highest BCUT2D eigenvalue weighted by atomic mass is 79.9. The van der Waals surface area contributed by atoms with Gasteiger partial charge in [-0.2, -0.15) is 0 Å². The highest BCUT2D eigenvalue weighted by Gasteiger charge is 2.06. The van der Waals surface area contributed by atoms with E-state index >= 15 is 0 Å². The van der Waals surface area contributed by atoms with E-state index in [0.717, 1.165) is 23.3 Å². The summed E-state index contributed by atoms with van der Waals surface area (Å²) in [7, 11) is 0. The van der Waals surface area contributed by atoms with Gasteiger partial charge < -0.3 is 15.7 Å². The third kappa shape index (κ3) is 3.64. The van der Waals surface area contributed by atoms with Crippen molar-refractivity contribution >= 4 is 27.6 Å². The maximum Gasteiger partial charge on any atom is 0.146 e. The fourth-order valence-electron chi connectivity index (χ4n) is 1.03. The molecule has 1 rings (SSSR count). The summed E-state index contributed by atoms with van der Waals surface area (Å²) < 4.78 is 0.798. The summed E-state index contributed by atoms with van der Waals surface area (Å²) in [6.45, 7) is 3.51. The number of rotatable bonds is 6. The number of anilines is 2. The summed E-state index contributed by atoms with van der Waals surface area (Å²) in [5, 5.41) is 14.9. The van der Waals surface area contributed by atoms with Gasteiger partial charge in [0.05, 0.1) is 6.61 Å². The van der Waals surface area contributed by atoms with Crippen molar-refractivity contribution in [3.05, 3.63) is 10.8 Å². The SMILES string of the molecule is CCCNc1ncnc(NCCO)c1Br. The molecule has 0 fully saturated rings. The largest absolute Gasteiger partial charge is 0.395 e. The van der Waals surface area contributed by atoms with Gasteiger partial charge in [0.15, 0.2) is 0 Å². The van der Waals surface area contributed by atoms with Crippen LogP contribution in [0.5, 0.6) is 0 Å². The summed E-state index contributed by atoms with van der Waals surface area (Å²) >= 11 is 3.41. The molecule has 0 saturated heterocycles. The van der Waals surface area contributed by atoms with Crippen LogP contribution >= 0.6 is 15.9 Å². The molecule has 5 nitrogen and oxygen atoms in total. The number of aliphatic hydroxyl groups excluding tert-OH is 1. The van der Waals surface area contributed by atoms with Gasteiger partial charge in [-0.1, -0.05) is 6.92 Å². The molecule has 0 spiro atoms. The minimum Gasteiger partial charge on any atom is -0.395 e. The Bertz CT molecular complexity index is 282. The third-order valence-electron chi connectivity index (χ3n) is 1.74. The Hall–Kier alpha value is -0.880. The lowest BCUT2D eigenvalue weighted by Crippen LogP contribution is -2.10. The van der Waals surface area contributed by atoms with Crippen molar-refractivity contribution in [3.8, 4) is 0 Å². The molecule has 0 unspecified atom stereocenters. The van der Waals surface area contributed by atoms with Crippen LogP contribution in [0.4, 0.5) is 11.6 Å². The van der Waals surface area contributed by atoms with Gasteiger partial charge in [0.1, 0.15) is 22.4 Å². The molecule has 0 aliphatic heterocycles. The lowest BCUT2D eigenvalue weighted by atomic mass is 10.4. The molecule has 0 aliphatic carbocycles. The molecule has 3 N–H and O–H groups in total. The van der Waals surface area contributed by atoms with Crippen LogP contribution in [0.25, 0.3) is 0 Å². The summed E-state index contributed by atoms with van der Waals surface area (Å²) in [6.07, 6.45) is 2.53. The number of aliphatic hydroxyl groups is 1. The number of halogens is 1. The van der Waals surface area contributed by atoms with Crippen molar-refractivity contribution < 1.29 is 5.11 Å². The van der Waals surface area contributed by atoms with Crippen molar-refractivity contribution in [1.82, 2.24) is 9.97 Å². The Kier molecular flexibility index (Phi) is 5.34. The summed E-state index contributed by atoms with van der Waals surface area (Å²) in [5.41, 5.74) is 0. The molecule has 0 bridgehead atoms. The molecule has 0 atom stereocenters. The minimum absolute atomic E-state index is 0.0775. The standard InChI is InChI=1S/C9H15BrN4O/c1-2-3-11-8-7(10)9(12-4-5-15)14-6-13-8/h6,15H,2-5H2,1H3,(H2,11,12,13,14). The molecule has 1 aromatic heterocycles. The van der Waals surface area contributed by atoms with E-state index in [-0.39, 0.29) is 6.61 Å². The normalized spacial score (nSPS) is 10.1. The first-order chi connectivity index (χ1) is 7.29. The van der Waals surface area contributed by atoms with Crippen LogP contribution in [0, 0.1) is 0 Å². The van der Waals surface area contributed by atoms with E-state index in [1.807, 2.05) is 0 Å². The zero-order chi connectivity index (χ0) is 11.1. The summed E-state index contributed by atoms with van der Waals surface area (Å²) in [6, 6.07) is 0. The van der Waals surface area contributed by atoms with Crippen molar-refractivity contribution in [2.24, 2.45) is 0 Å². The van der Waals surface area contributed by atoms with E-state index in [4.69, 9.17) is 5.11 Å². The monoisotopic (exact) mass is 274 g/mol.